The molecule has 0 aliphatic rings. The Hall–Kier alpha value is -3.91. The van der Waals surface area contributed by atoms with E-state index in [0.29, 0.717) is 11.5 Å². The van der Waals surface area contributed by atoms with E-state index in [0.717, 1.165) is 38.4 Å². The van der Waals surface area contributed by atoms with E-state index >= 15 is 0 Å². The van der Waals surface area contributed by atoms with Crippen molar-refractivity contribution in [3.05, 3.63) is 88.8 Å². The smallest absolute Gasteiger partial charge is 0.333 e. The first kappa shape index (κ1) is 17.9. The van der Waals surface area contributed by atoms with E-state index in [1.165, 1.54) is 10.1 Å². The highest BCUT2D eigenvalue weighted by molar-refractivity contribution is 7.98. The Labute approximate surface area is 180 Å². The number of rotatable bonds is 4. The summed E-state index contributed by atoms with van der Waals surface area (Å²) < 4.78 is 1.32. The van der Waals surface area contributed by atoms with Gasteiger partial charge in [0, 0.05) is 16.7 Å². The lowest BCUT2D eigenvalue weighted by Crippen LogP contribution is -2.17. The number of H-pyrrole nitrogens is 2. The number of hydrogen-bond donors (Lipinski definition) is 2. The number of fused-ring (bicyclic) bond motifs is 4. The molecule has 0 spiro atoms. The summed E-state index contributed by atoms with van der Waals surface area (Å²) in [5, 5.41) is 6.18. The molecule has 0 saturated heterocycles. The van der Waals surface area contributed by atoms with Gasteiger partial charge < -0.3 is 9.97 Å². The monoisotopic (exact) mass is 424 g/mol. The van der Waals surface area contributed by atoms with E-state index in [2.05, 4.69) is 37.2 Å². The first-order valence-corrected chi connectivity index (χ1v) is 10.8. The molecule has 7 nitrogen and oxygen atoms in total. The van der Waals surface area contributed by atoms with Crippen molar-refractivity contribution in [2.45, 2.75) is 10.9 Å². The summed E-state index contributed by atoms with van der Waals surface area (Å²) in [6.07, 6.45) is 0. The van der Waals surface area contributed by atoms with Crippen molar-refractivity contribution in [1.29, 1.82) is 0 Å². The van der Waals surface area contributed by atoms with Gasteiger partial charge in [0.15, 0.2) is 16.6 Å². The summed E-state index contributed by atoms with van der Waals surface area (Å²) in [5.74, 6) is 1.32. The van der Waals surface area contributed by atoms with Crippen molar-refractivity contribution in [2.75, 3.05) is 0 Å². The van der Waals surface area contributed by atoms with Gasteiger partial charge in [0.05, 0.1) is 16.6 Å². The lowest BCUT2D eigenvalue weighted by Gasteiger charge is -2.01. The van der Waals surface area contributed by atoms with Gasteiger partial charge in [0.25, 0.3) is 0 Å². The molecule has 0 aliphatic heterocycles. The fourth-order valence-electron chi connectivity index (χ4n) is 3.61. The van der Waals surface area contributed by atoms with E-state index in [4.69, 9.17) is 0 Å². The quantitative estimate of drug-likeness (QED) is 0.409. The minimum Gasteiger partial charge on any atom is -0.333 e. The van der Waals surface area contributed by atoms with Gasteiger partial charge in [-0.1, -0.05) is 60.3 Å². The maximum Gasteiger partial charge on any atom is 0.348 e. The summed E-state index contributed by atoms with van der Waals surface area (Å²) in [5.41, 5.74) is 5.05. The van der Waals surface area contributed by atoms with Crippen LogP contribution in [0.15, 0.2) is 82.7 Å². The van der Waals surface area contributed by atoms with Crippen LogP contribution in [0.2, 0.25) is 0 Å². The Morgan fingerprint density at radius 3 is 2.45 bits per heavy atom. The Morgan fingerprint density at radius 2 is 1.61 bits per heavy atom. The zero-order valence-corrected chi connectivity index (χ0v) is 17.1. The van der Waals surface area contributed by atoms with Gasteiger partial charge in [0.1, 0.15) is 0 Å². The molecule has 0 saturated carbocycles. The largest absolute Gasteiger partial charge is 0.348 e. The number of hydrogen-bond acceptors (Lipinski definition) is 5. The third-order valence-corrected chi connectivity index (χ3v) is 6.11. The topological polar surface area (TPSA) is 91.7 Å². The van der Waals surface area contributed by atoms with Crippen molar-refractivity contribution in [3.8, 4) is 11.4 Å². The standard InChI is InChI=1S/C23H16N6OS/c30-23-26-17-6-2-1-5-16(17)21-27-20(28-29(21)23)15-11-9-14(10-12-15)13-31-22-24-18-7-3-4-8-19(18)25-22/h1-12H,13H2,(H,24,25)(H,26,30). The van der Waals surface area contributed by atoms with Crippen molar-refractivity contribution >= 4 is 39.3 Å². The molecular weight excluding hydrogens is 408 g/mol. The van der Waals surface area contributed by atoms with Crippen LogP contribution in [0.3, 0.4) is 0 Å². The maximum absolute atomic E-state index is 12.4. The lowest BCUT2D eigenvalue weighted by molar-refractivity contribution is 0.885. The number of imidazole rings is 1. The number of aromatic amines is 2. The molecule has 0 bridgehead atoms. The van der Waals surface area contributed by atoms with Crippen molar-refractivity contribution in [1.82, 2.24) is 29.5 Å². The number of aromatic nitrogens is 6. The Bertz CT molecular complexity index is 1580. The Morgan fingerprint density at radius 1 is 0.839 bits per heavy atom. The van der Waals surface area contributed by atoms with Crippen LogP contribution in [0.4, 0.5) is 0 Å². The molecule has 0 fully saturated rings. The second-order valence-electron chi connectivity index (χ2n) is 7.19. The fourth-order valence-corrected chi connectivity index (χ4v) is 4.45. The minimum absolute atomic E-state index is 0.300. The first-order valence-electron chi connectivity index (χ1n) is 9.79. The third-order valence-electron chi connectivity index (χ3n) is 5.16. The molecule has 0 unspecified atom stereocenters. The van der Waals surface area contributed by atoms with Crippen molar-refractivity contribution in [3.63, 3.8) is 0 Å². The molecule has 2 N–H and O–H groups in total. The zero-order valence-electron chi connectivity index (χ0n) is 16.2. The van der Waals surface area contributed by atoms with Crippen LogP contribution < -0.4 is 5.69 Å². The molecule has 6 rings (SSSR count). The van der Waals surface area contributed by atoms with E-state index in [-0.39, 0.29) is 5.69 Å². The molecule has 150 valence electrons. The molecule has 31 heavy (non-hydrogen) atoms. The molecule has 6 aromatic rings. The molecule has 3 heterocycles. The van der Waals surface area contributed by atoms with Crippen LogP contribution in [-0.2, 0) is 5.75 Å². The second kappa shape index (κ2) is 7.10. The summed E-state index contributed by atoms with van der Waals surface area (Å²) >= 11 is 1.66. The van der Waals surface area contributed by atoms with Crippen LogP contribution in [0.1, 0.15) is 5.56 Å². The average molecular weight is 424 g/mol. The molecule has 0 amide bonds. The molecule has 3 aromatic carbocycles. The summed E-state index contributed by atoms with van der Waals surface area (Å²) in [6, 6.07) is 23.7. The number of nitrogens with one attached hydrogen (secondary N) is 2. The van der Waals surface area contributed by atoms with Crippen molar-refractivity contribution in [2.24, 2.45) is 0 Å². The van der Waals surface area contributed by atoms with Crippen LogP contribution in [-0.4, -0.2) is 29.5 Å². The van der Waals surface area contributed by atoms with Crippen LogP contribution in [0.5, 0.6) is 0 Å². The zero-order chi connectivity index (χ0) is 20.8. The second-order valence-corrected chi connectivity index (χ2v) is 8.16. The highest BCUT2D eigenvalue weighted by Gasteiger charge is 2.12. The number of para-hydroxylation sites is 3. The number of thioether (sulfide) groups is 1. The van der Waals surface area contributed by atoms with Crippen molar-refractivity contribution < 1.29 is 0 Å². The molecule has 3 aromatic heterocycles. The molecular formula is C23H16N6OS. The van der Waals surface area contributed by atoms with Gasteiger partial charge in [-0.15, -0.1) is 5.10 Å². The molecule has 8 heteroatoms. The minimum atomic E-state index is -0.300. The predicted molar refractivity (Wildman–Crippen MR) is 122 cm³/mol. The van der Waals surface area contributed by atoms with Gasteiger partial charge in [-0.2, -0.15) is 4.52 Å². The fraction of sp³-hybridized carbons (Fsp3) is 0.0435. The van der Waals surface area contributed by atoms with Gasteiger partial charge >= 0.3 is 5.69 Å². The van der Waals surface area contributed by atoms with Gasteiger partial charge in [-0.05, 0) is 29.8 Å². The van der Waals surface area contributed by atoms with Gasteiger partial charge in [-0.25, -0.2) is 14.8 Å². The molecule has 0 radical (unpaired) electrons. The SMILES string of the molecule is O=c1[nH]c2ccccc2c2nc(-c3ccc(CSc4nc5ccccc5[nH]4)cc3)nn12. The van der Waals surface area contributed by atoms with E-state index in [9.17, 15) is 4.79 Å². The molecule has 0 atom stereocenters. The van der Waals surface area contributed by atoms with E-state index in [1.54, 1.807) is 11.8 Å². The third kappa shape index (κ3) is 3.17. The van der Waals surface area contributed by atoms with Crippen LogP contribution in [0.25, 0.3) is 39.0 Å². The highest BCUT2D eigenvalue weighted by Crippen LogP contribution is 2.25. The predicted octanol–water partition coefficient (Wildman–Crippen LogP) is 4.41. The Balaban J connectivity index is 1.27. The average Bonchev–Trinajstić information content (AvgIpc) is 3.43. The lowest BCUT2D eigenvalue weighted by atomic mass is 10.1. The molecule has 0 aliphatic carbocycles. The first-order chi connectivity index (χ1) is 15.2. The van der Waals surface area contributed by atoms with Crippen LogP contribution >= 0.6 is 11.8 Å². The number of nitrogens with zero attached hydrogens (tertiary/aromatic N) is 4. The van der Waals surface area contributed by atoms with E-state index < -0.39 is 0 Å². The normalized spacial score (nSPS) is 11.6. The van der Waals surface area contributed by atoms with E-state index in [1.807, 2.05) is 60.7 Å². The Kier molecular flexibility index (Phi) is 4.10. The van der Waals surface area contributed by atoms with Crippen LogP contribution in [0, 0.1) is 0 Å². The highest BCUT2D eigenvalue weighted by atomic mass is 32.2. The summed E-state index contributed by atoms with van der Waals surface area (Å²) in [7, 11) is 0. The number of benzene rings is 3. The maximum atomic E-state index is 12.4. The summed E-state index contributed by atoms with van der Waals surface area (Å²) in [6.45, 7) is 0. The summed E-state index contributed by atoms with van der Waals surface area (Å²) in [4.78, 5) is 27.8. The van der Waals surface area contributed by atoms with Gasteiger partial charge in [0.2, 0.25) is 0 Å². The van der Waals surface area contributed by atoms with Gasteiger partial charge in [-0.3, -0.25) is 0 Å².